The molecule has 0 spiro atoms. The Labute approximate surface area is 241 Å². The van der Waals surface area contributed by atoms with Gasteiger partial charge in [0.05, 0.1) is 43.9 Å². The van der Waals surface area contributed by atoms with Gasteiger partial charge in [0.15, 0.2) is 18.1 Å². The predicted molar refractivity (Wildman–Crippen MR) is 143 cm³/mol. The zero-order valence-corrected chi connectivity index (χ0v) is 23.2. The first-order valence-corrected chi connectivity index (χ1v) is 12.8. The van der Waals surface area contributed by atoms with Crippen molar-refractivity contribution in [3.63, 3.8) is 0 Å². The van der Waals surface area contributed by atoms with E-state index in [0.29, 0.717) is 0 Å². The monoisotopic (exact) mass is 615 g/mol. The molecule has 3 rings (SSSR count). The van der Waals surface area contributed by atoms with Gasteiger partial charge in [-0.3, -0.25) is 9.59 Å². The van der Waals surface area contributed by atoms with Crippen LogP contribution in [-0.2, 0) is 10.4 Å². The summed E-state index contributed by atoms with van der Waals surface area (Å²) in [5.74, 6) is -2.46. The third-order valence-corrected chi connectivity index (χ3v) is 6.63. The number of hydrogen-bond acceptors (Lipinski definition) is 8. The highest BCUT2D eigenvalue weighted by Gasteiger charge is 2.56. The number of amides is 2. The van der Waals surface area contributed by atoms with Gasteiger partial charge in [-0.05, 0) is 55.5 Å². The summed E-state index contributed by atoms with van der Waals surface area (Å²) in [6.45, 7) is -0.429. The lowest BCUT2D eigenvalue weighted by molar-refractivity contribution is -0.265. The number of pyridine rings is 1. The molecular weight excluding hydrogens is 589 g/mol. The van der Waals surface area contributed by atoms with E-state index in [1.54, 1.807) is 0 Å². The second-order valence-electron chi connectivity index (χ2n) is 8.88. The Balaban J connectivity index is 1.97. The largest absolute Gasteiger partial charge is 0.494 e. The number of nitrogens with zero attached hydrogens (tertiary/aromatic N) is 1. The minimum atomic E-state index is -5.32. The molecular formula is C27H26F5N3O6S. The second kappa shape index (κ2) is 13.2. The fourth-order valence-electron chi connectivity index (χ4n) is 3.82. The van der Waals surface area contributed by atoms with E-state index in [1.165, 1.54) is 45.4 Å². The molecule has 4 N–H and O–H groups in total. The molecule has 9 nitrogen and oxygen atoms in total. The van der Waals surface area contributed by atoms with Crippen molar-refractivity contribution in [2.75, 3.05) is 27.4 Å². The number of halogens is 5. The molecule has 0 saturated carbocycles. The van der Waals surface area contributed by atoms with E-state index >= 15 is 0 Å². The number of nitrogens with two attached hydrogens (primary N) is 1. The maximum absolute atomic E-state index is 14.3. The number of nitrogens with one attached hydrogen (secondary N) is 1. The maximum Gasteiger partial charge on any atom is 0.424 e. The number of carbonyl (C=O) groups excluding carboxylic acids is 2. The van der Waals surface area contributed by atoms with Gasteiger partial charge in [0.1, 0.15) is 17.3 Å². The molecule has 0 bridgehead atoms. The molecule has 226 valence electrons. The van der Waals surface area contributed by atoms with E-state index in [9.17, 15) is 36.1 Å². The fourth-order valence-corrected chi connectivity index (χ4v) is 4.10. The first-order chi connectivity index (χ1) is 19.7. The molecule has 3 aromatic rings. The average molecular weight is 616 g/mol. The summed E-state index contributed by atoms with van der Waals surface area (Å²) in [4.78, 5) is 27.7. The number of carbonyl (C=O) groups is 2. The van der Waals surface area contributed by atoms with Crippen LogP contribution in [0, 0.1) is 5.82 Å². The lowest BCUT2D eigenvalue weighted by atomic mass is 9.96. The molecule has 2 atom stereocenters. The number of aromatic nitrogens is 1. The lowest BCUT2D eigenvalue weighted by Gasteiger charge is -2.30. The van der Waals surface area contributed by atoms with Crippen LogP contribution < -0.4 is 25.3 Å². The molecule has 0 fully saturated rings. The van der Waals surface area contributed by atoms with Crippen LogP contribution in [0.25, 0.3) is 11.3 Å². The SMILES string of the molecule is COc1cc(C(=O)NCC(O)(c2ccc(OC)c(-c3ccc(F)c(C(C)SF)c3)n2)C(F)(F)F)ccc1OCC(N)=O. The van der Waals surface area contributed by atoms with Crippen molar-refractivity contribution in [3.05, 3.63) is 71.2 Å². The number of benzene rings is 2. The van der Waals surface area contributed by atoms with Gasteiger partial charge >= 0.3 is 6.18 Å². The predicted octanol–water partition coefficient (Wildman–Crippen LogP) is 4.63. The summed E-state index contributed by atoms with van der Waals surface area (Å²) < 4.78 is 85.9. The van der Waals surface area contributed by atoms with Crippen molar-refractivity contribution in [3.8, 4) is 28.5 Å². The van der Waals surface area contributed by atoms with E-state index in [1.807, 2.05) is 5.32 Å². The Kier molecular flexibility index (Phi) is 10.2. The van der Waals surface area contributed by atoms with Crippen LogP contribution >= 0.6 is 12.1 Å². The molecule has 0 aliphatic carbocycles. The van der Waals surface area contributed by atoms with Gasteiger partial charge < -0.3 is 30.4 Å². The first kappa shape index (κ1) is 32.4. The summed E-state index contributed by atoms with van der Waals surface area (Å²) >= 11 is -0.123. The quantitative estimate of drug-likeness (QED) is 0.252. The first-order valence-electron chi connectivity index (χ1n) is 12.0. The van der Waals surface area contributed by atoms with Gasteiger partial charge in [0.2, 0.25) is 5.60 Å². The summed E-state index contributed by atoms with van der Waals surface area (Å²) in [5, 5.41) is 12.0. The molecule has 1 heterocycles. The van der Waals surface area contributed by atoms with Gasteiger partial charge in [-0.25, -0.2) is 9.37 Å². The normalized spacial score (nSPS) is 13.5. The van der Waals surface area contributed by atoms with E-state index in [-0.39, 0.29) is 51.8 Å². The van der Waals surface area contributed by atoms with Crippen LogP contribution in [0.5, 0.6) is 17.2 Å². The number of hydrogen-bond donors (Lipinski definition) is 3. The molecule has 0 radical (unpaired) electrons. The number of ether oxygens (including phenoxy) is 3. The molecule has 0 saturated heterocycles. The van der Waals surface area contributed by atoms with Crippen LogP contribution in [0.15, 0.2) is 48.5 Å². The third-order valence-electron chi connectivity index (χ3n) is 6.11. The molecule has 42 heavy (non-hydrogen) atoms. The Morgan fingerprint density at radius 3 is 2.31 bits per heavy atom. The highest BCUT2D eigenvalue weighted by molar-refractivity contribution is 7.94. The van der Waals surface area contributed by atoms with Crippen molar-refractivity contribution in [1.82, 2.24) is 10.3 Å². The van der Waals surface area contributed by atoms with Crippen molar-refractivity contribution in [2.45, 2.75) is 24.0 Å². The van der Waals surface area contributed by atoms with Crippen molar-refractivity contribution >= 4 is 24.0 Å². The molecule has 2 aromatic carbocycles. The van der Waals surface area contributed by atoms with Crippen LogP contribution in [0.1, 0.15) is 33.8 Å². The third kappa shape index (κ3) is 7.02. The zero-order valence-electron chi connectivity index (χ0n) is 22.4. The minimum absolute atomic E-state index is 0.00355. The van der Waals surface area contributed by atoms with Crippen molar-refractivity contribution in [2.24, 2.45) is 5.73 Å². The smallest absolute Gasteiger partial charge is 0.424 e. The van der Waals surface area contributed by atoms with Gasteiger partial charge in [-0.1, -0.05) is 0 Å². The molecule has 0 aliphatic rings. The summed E-state index contributed by atoms with van der Waals surface area (Å²) in [6.07, 6.45) is -5.32. The lowest BCUT2D eigenvalue weighted by Crippen LogP contribution is -2.51. The number of alkyl halides is 3. The number of aliphatic hydroxyl groups is 1. The van der Waals surface area contributed by atoms with Crippen molar-refractivity contribution in [1.29, 1.82) is 0 Å². The van der Waals surface area contributed by atoms with Crippen LogP contribution in [0.4, 0.5) is 21.4 Å². The Bertz CT molecular complexity index is 1460. The highest BCUT2D eigenvalue weighted by atomic mass is 32.2. The number of rotatable bonds is 12. The molecule has 2 unspecified atom stereocenters. The van der Waals surface area contributed by atoms with Gasteiger partial charge in [0.25, 0.3) is 11.8 Å². The number of methoxy groups -OCH3 is 2. The maximum atomic E-state index is 14.3. The summed E-state index contributed by atoms with van der Waals surface area (Å²) in [5.41, 5.74) is 0.178. The van der Waals surface area contributed by atoms with Crippen LogP contribution in [-0.4, -0.2) is 55.5 Å². The highest BCUT2D eigenvalue weighted by Crippen LogP contribution is 2.41. The van der Waals surface area contributed by atoms with E-state index in [4.69, 9.17) is 19.9 Å². The fraction of sp³-hybridized carbons (Fsp3) is 0.296. The molecule has 2 amide bonds. The van der Waals surface area contributed by atoms with E-state index in [0.717, 1.165) is 24.3 Å². The van der Waals surface area contributed by atoms with E-state index in [2.05, 4.69) is 4.98 Å². The van der Waals surface area contributed by atoms with Gasteiger partial charge in [-0.2, -0.15) is 17.1 Å². The van der Waals surface area contributed by atoms with Crippen LogP contribution in [0.3, 0.4) is 0 Å². The molecule has 0 aliphatic heterocycles. The van der Waals surface area contributed by atoms with Gasteiger partial charge in [0, 0.05) is 16.7 Å². The summed E-state index contributed by atoms with van der Waals surface area (Å²) in [6, 6.07) is 9.07. The molecule has 15 heteroatoms. The molecule has 1 aromatic heterocycles. The number of primary amides is 1. The van der Waals surface area contributed by atoms with Crippen LogP contribution in [0.2, 0.25) is 0 Å². The minimum Gasteiger partial charge on any atom is -0.494 e. The standard InChI is InChI=1S/C27H26F5N3O6S/c1-14(42-32)17-10-15(4-6-18(17)28)24-20(39-2)8-9-22(35-24)26(38,27(29,30)31)13-34-25(37)16-5-7-19(21(11-16)40-3)41-12-23(33)36/h4-11,14,38H,12-13H2,1-3H3,(H2,33,36)(H,34,37). The summed E-state index contributed by atoms with van der Waals surface area (Å²) in [7, 11) is 2.48. The second-order valence-corrected chi connectivity index (χ2v) is 9.76. The van der Waals surface area contributed by atoms with Crippen molar-refractivity contribution < 1.29 is 50.4 Å². The van der Waals surface area contributed by atoms with E-state index < -0.39 is 53.5 Å². The topological polar surface area (TPSA) is 133 Å². The Morgan fingerprint density at radius 2 is 1.71 bits per heavy atom. The Hall–Kier alpha value is -4.11. The average Bonchev–Trinajstić information content (AvgIpc) is 2.97. The Morgan fingerprint density at radius 1 is 1.05 bits per heavy atom. The zero-order chi connectivity index (χ0) is 31.2. The van der Waals surface area contributed by atoms with Gasteiger partial charge in [-0.15, -0.1) is 0 Å².